The standard InChI is InChI=1S/C24H33N7O10S/c1-13-10-30(23(40)27-19(13)35)7-5-29(6-8-31-11-14(2)20(36)28-24(31)41)18(34)9-25-21(37)15(12-42)26-17(33)4-3-16(32)22(38)39/h10-11,15-16,32,42H,3-9,12H2,1-2H3,(H,25,37)(H,26,33)(H,38,39)(H,27,35,40)(H,28,36,41). The van der Waals surface area contributed by atoms with Crippen LogP contribution in [0.5, 0.6) is 0 Å². The SMILES string of the molecule is Cc1cn(CCN(CCn2cc(C)c(=O)[nH]c2=O)C(=O)CNC(=O)C(CS)NC(=O)CCC(O)C(=O)O)c(=O)[nH]c1=O. The van der Waals surface area contributed by atoms with Crippen LogP contribution in [0.3, 0.4) is 0 Å². The normalized spacial score (nSPS) is 12.3. The molecule has 6 N–H and O–H groups in total. The number of carboxylic acids is 1. The zero-order valence-electron chi connectivity index (χ0n) is 22.9. The van der Waals surface area contributed by atoms with Crippen LogP contribution < -0.4 is 33.1 Å². The molecule has 230 valence electrons. The summed E-state index contributed by atoms with van der Waals surface area (Å²) in [6, 6.07) is -1.17. The Balaban J connectivity index is 2.11. The van der Waals surface area contributed by atoms with Crippen molar-refractivity contribution in [2.45, 2.75) is 51.9 Å². The van der Waals surface area contributed by atoms with E-state index in [9.17, 15) is 43.5 Å². The number of aryl methyl sites for hydroxylation is 2. The number of aliphatic hydroxyl groups excluding tert-OH is 1. The van der Waals surface area contributed by atoms with Crippen LogP contribution in [0.1, 0.15) is 24.0 Å². The molecule has 2 aromatic heterocycles. The predicted molar refractivity (Wildman–Crippen MR) is 150 cm³/mol. The minimum atomic E-state index is -1.74. The fourth-order valence-corrected chi connectivity index (χ4v) is 3.89. The lowest BCUT2D eigenvalue weighted by molar-refractivity contribution is -0.147. The average Bonchev–Trinajstić information content (AvgIpc) is 2.93. The summed E-state index contributed by atoms with van der Waals surface area (Å²) in [5, 5.41) is 22.7. The lowest BCUT2D eigenvalue weighted by atomic mass is 10.2. The van der Waals surface area contributed by atoms with E-state index in [-0.39, 0.29) is 55.9 Å². The van der Waals surface area contributed by atoms with Crippen molar-refractivity contribution in [3.63, 3.8) is 0 Å². The molecular formula is C24H33N7O10S. The van der Waals surface area contributed by atoms with Crippen LogP contribution in [-0.2, 0) is 32.3 Å². The molecule has 18 heteroatoms. The van der Waals surface area contributed by atoms with Gasteiger partial charge in [-0.25, -0.2) is 14.4 Å². The van der Waals surface area contributed by atoms with Gasteiger partial charge in [-0.3, -0.25) is 43.1 Å². The first-order valence-corrected chi connectivity index (χ1v) is 13.3. The number of carboxylic acid groups (broad SMARTS) is 1. The van der Waals surface area contributed by atoms with Gasteiger partial charge in [0.05, 0.1) is 6.54 Å². The molecule has 0 saturated heterocycles. The molecule has 2 heterocycles. The van der Waals surface area contributed by atoms with E-state index in [1.165, 1.54) is 40.3 Å². The van der Waals surface area contributed by atoms with E-state index in [1.807, 2.05) is 0 Å². The molecule has 0 aliphatic heterocycles. The number of aliphatic hydroxyl groups is 1. The van der Waals surface area contributed by atoms with Crippen molar-refractivity contribution in [2.24, 2.45) is 0 Å². The second-order valence-corrected chi connectivity index (χ2v) is 9.69. The Bertz CT molecular complexity index is 1470. The van der Waals surface area contributed by atoms with Gasteiger partial charge in [-0.1, -0.05) is 0 Å². The molecule has 2 rings (SSSR count). The number of carbonyl (C=O) groups excluding carboxylic acids is 3. The molecule has 0 spiro atoms. The minimum absolute atomic E-state index is 0.0345. The highest BCUT2D eigenvalue weighted by Crippen LogP contribution is 2.00. The maximum atomic E-state index is 13.1. The van der Waals surface area contributed by atoms with Gasteiger partial charge in [0.2, 0.25) is 17.7 Å². The quantitative estimate of drug-likeness (QED) is 0.0971. The maximum absolute atomic E-state index is 13.1. The van der Waals surface area contributed by atoms with Gasteiger partial charge in [0.1, 0.15) is 6.04 Å². The van der Waals surface area contributed by atoms with Crippen LogP contribution in [0, 0.1) is 13.8 Å². The lowest BCUT2D eigenvalue weighted by Crippen LogP contribution is -2.51. The summed E-state index contributed by atoms with van der Waals surface area (Å²) in [5.74, 6) is -3.72. The molecule has 0 aliphatic carbocycles. The second kappa shape index (κ2) is 15.5. The van der Waals surface area contributed by atoms with Crippen molar-refractivity contribution in [3.8, 4) is 0 Å². The first-order valence-electron chi connectivity index (χ1n) is 12.7. The number of carbonyl (C=O) groups is 4. The number of aromatic nitrogens is 4. The molecule has 0 bridgehead atoms. The molecule has 2 aromatic rings. The van der Waals surface area contributed by atoms with E-state index < -0.39 is 64.9 Å². The second-order valence-electron chi connectivity index (χ2n) is 9.32. The van der Waals surface area contributed by atoms with Gasteiger partial charge >= 0.3 is 17.3 Å². The van der Waals surface area contributed by atoms with Gasteiger partial charge in [0.25, 0.3) is 11.1 Å². The van der Waals surface area contributed by atoms with Crippen molar-refractivity contribution in [3.05, 3.63) is 65.2 Å². The summed E-state index contributed by atoms with van der Waals surface area (Å²) in [7, 11) is 0. The first kappa shape index (κ1) is 33.8. The zero-order valence-corrected chi connectivity index (χ0v) is 23.8. The summed E-state index contributed by atoms with van der Waals surface area (Å²) in [6.07, 6.45) is 0.179. The highest BCUT2D eigenvalue weighted by Gasteiger charge is 2.23. The number of nitrogens with one attached hydrogen (secondary N) is 4. The Labute approximate surface area is 243 Å². The van der Waals surface area contributed by atoms with Gasteiger partial charge in [-0.15, -0.1) is 0 Å². The summed E-state index contributed by atoms with van der Waals surface area (Å²) in [5.41, 5.74) is -1.95. The first-order chi connectivity index (χ1) is 19.7. The topological polar surface area (TPSA) is 246 Å². The van der Waals surface area contributed by atoms with Crippen LogP contribution in [0.25, 0.3) is 0 Å². The molecule has 17 nitrogen and oxygen atoms in total. The van der Waals surface area contributed by atoms with E-state index in [0.29, 0.717) is 0 Å². The molecule has 2 unspecified atom stereocenters. The molecular weight excluding hydrogens is 578 g/mol. The fourth-order valence-electron chi connectivity index (χ4n) is 3.64. The highest BCUT2D eigenvalue weighted by atomic mass is 32.1. The lowest BCUT2D eigenvalue weighted by Gasteiger charge is -2.24. The van der Waals surface area contributed by atoms with Crippen LogP contribution in [0.2, 0.25) is 0 Å². The smallest absolute Gasteiger partial charge is 0.332 e. The zero-order chi connectivity index (χ0) is 31.6. The monoisotopic (exact) mass is 611 g/mol. The van der Waals surface area contributed by atoms with Gasteiger partial charge < -0.3 is 25.7 Å². The number of aromatic amines is 2. The van der Waals surface area contributed by atoms with Gasteiger partial charge in [0, 0.05) is 61.9 Å². The van der Waals surface area contributed by atoms with Crippen LogP contribution in [0.4, 0.5) is 0 Å². The summed E-state index contributed by atoms with van der Waals surface area (Å²) in [4.78, 5) is 102. The summed E-state index contributed by atoms with van der Waals surface area (Å²) >= 11 is 4.02. The molecule has 42 heavy (non-hydrogen) atoms. The summed E-state index contributed by atoms with van der Waals surface area (Å²) in [6.45, 7) is 2.29. The number of hydrogen-bond acceptors (Lipinski definition) is 10. The van der Waals surface area contributed by atoms with E-state index in [4.69, 9.17) is 5.11 Å². The van der Waals surface area contributed by atoms with E-state index in [0.717, 1.165) is 0 Å². The molecule has 3 amide bonds. The number of amides is 3. The van der Waals surface area contributed by atoms with Crippen molar-refractivity contribution in [1.82, 2.24) is 34.6 Å². The number of aliphatic carboxylic acids is 1. The Morgan fingerprint density at radius 3 is 1.90 bits per heavy atom. The largest absolute Gasteiger partial charge is 0.479 e. The Morgan fingerprint density at radius 1 is 0.952 bits per heavy atom. The van der Waals surface area contributed by atoms with Crippen molar-refractivity contribution < 1.29 is 29.4 Å². The molecule has 0 radical (unpaired) electrons. The summed E-state index contributed by atoms with van der Waals surface area (Å²) < 4.78 is 2.39. The van der Waals surface area contributed by atoms with Gasteiger partial charge in [-0.05, 0) is 20.3 Å². The Morgan fingerprint density at radius 2 is 1.45 bits per heavy atom. The Kier molecular flexibility index (Phi) is 12.5. The number of H-pyrrole nitrogens is 2. The average molecular weight is 612 g/mol. The highest BCUT2D eigenvalue weighted by molar-refractivity contribution is 7.80. The van der Waals surface area contributed by atoms with E-state index >= 15 is 0 Å². The molecule has 0 saturated carbocycles. The van der Waals surface area contributed by atoms with Gasteiger partial charge in [0.15, 0.2) is 6.10 Å². The van der Waals surface area contributed by atoms with E-state index in [2.05, 4.69) is 33.2 Å². The van der Waals surface area contributed by atoms with Crippen LogP contribution in [-0.4, -0.2) is 95.4 Å². The van der Waals surface area contributed by atoms with Crippen molar-refractivity contribution >= 4 is 36.3 Å². The number of hydrogen-bond donors (Lipinski definition) is 7. The van der Waals surface area contributed by atoms with Crippen molar-refractivity contribution in [2.75, 3.05) is 25.4 Å². The predicted octanol–water partition coefficient (Wildman–Crippen LogP) is -3.71. The number of thiol groups is 1. The molecule has 0 aromatic carbocycles. The van der Waals surface area contributed by atoms with Crippen molar-refractivity contribution in [1.29, 1.82) is 0 Å². The third-order valence-corrected chi connectivity index (χ3v) is 6.50. The molecule has 0 aliphatic rings. The number of rotatable bonds is 15. The van der Waals surface area contributed by atoms with Crippen LogP contribution in [0.15, 0.2) is 31.6 Å². The Hall–Kier alpha value is -4.45. The molecule has 0 fully saturated rings. The van der Waals surface area contributed by atoms with Crippen LogP contribution >= 0.6 is 12.6 Å². The third-order valence-electron chi connectivity index (χ3n) is 6.13. The fraction of sp³-hybridized carbons (Fsp3) is 0.500. The van der Waals surface area contributed by atoms with E-state index in [1.54, 1.807) is 0 Å². The van der Waals surface area contributed by atoms with Gasteiger partial charge in [-0.2, -0.15) is 12.6 Å². The third kappa shape index (κ3) is 9.88. The molecule has 2 atom stereocenters. The minimum Gasteiger partial charge on any atom is -0.479 e. The number of nitrogens with zero attached hydrogens (tertiary/aromatic N) is 3. The maximum Gasteiger partial charge on any atom is 0.332 e.